The van der Waals surface area contributed by atoms with Crippen LogP contribution >= 0.6 is 15.9 Å². The van der Waals surface area contributed by atoms with Crippen molar-refractivity contribution in [2.24, 2.45) is 0 Å². The van der Waals surface area contributed by atoms with Gasteiger partial charge in [-0.2, -0.15) is 0 Å². The Morgan fingerprint density at radius 3 is 2.82 bits per heavy atom. The molecule has 1 aliphatic heterocycles. The van der Waals surface area contributed by atoms with Gasteiger partial charge in [0.15, 0.2) is 0 Å². The molecule has 0 aromatic heterocycles. The summed E-state index contributed by atoms with van der Waals surface area (Å²) in [5, 5.41) is 2.74. The van der Waals surface area contributed by atoms with Crippen molar-refractivity contribution >= 4 is 27.7 Å². The van der Waals surface area contributed by atoms with Crippen LogP contribution in [-0.2, 0) is 9.59 Å². The molecule has 1 aromatic rings. The van der Waals surface area contributed by atoms with Crippen molar-refractivity contribution in [1.29, 1.82) is 0 Å². The standard InChI is InChI=1S/C15H20BrN3O3/c1-18(8-9-22-13-4-2-12(16)3-5-13)15(21)11-19-7-6-17-14(20)10-19/h2-5H,6-11H2,1H3,(H,17,20). The first-order chi connectivity index (χ1) is 10.5. The lowest BCUT2D eigenvalue weighted by molar-refractivity contribution is -0.133. The van der Waals surface area contributed by atoms with Gasteiger partial charge in [0.05, 0.1) is 19.6 Å². The van der Waals surface area contributed by atoms with Gasteiger partial charge in [-0.05, 0) is 24.3 Å². The smallest absolute Gasteiger partial charge is 0.236 e. The molecule has 0 spiro atoms. The fourth-order valence-corrected chi connectivity index (χ4v) is 2.36. The van der Waals surface area contributed by atoms with E-state index in [-0.39, 0.29) is 24.9 Å². The number of benzene rings is 1. The number of halogens is 1. The molecule has 120 valence electrons. The second-order valence-corrected chi connectivity index (χ2v) is 6.09. The molecule has 1 aliphatic rings. The highest BCUT2D eigenvalue weighted by atomic mass is 79.9. The third kappa shape index (κ3) is 5.31. The lowest BCUT2D eigenvalue weighted by atomic mass is 10.3. The van der Waals surface area contributed by atoms with E-state index in [0.717, 1.165) is 10.2 Å². The average molecular weight is 370 g/mol. The number of hydrogen-bond acceptors (Lipinski definition) is 4. The second-order valence-electron chi connectivity index (χ2n) is 5.18. The van der Waals surface area contributed by atoms with E-state index < -0.39 is 0 Å². The van der Waals surface area contributed by atoms with Crippen molar-refractivity contribution in [2.45, 2.75) is 0 Å². The number of carbonyl (C=O) groups excluding carboxylic acids is 2. The van der Waals surface area contributed by atoms with E-state index in [1.807, 2.05) is 29.2 Å². The first-order valence-electron chi connectivity index (χ1n) is 7.16. The Labute approximate surface area is 138 Å². The van der Waals surface area contributed by atoms with Gasteiger partial charge in [-0.25, -0.2) is 0 Å². The fraction of sp³-hybridized carbons (Fsp3) is 0.467. The summed E-state index contributed by atoms with van der Waals surface area (Å²) in [7, 11) is 1.75. The molecule has 0 bridgehead atoms. The number of piperazine rings is 1. The van der Waals surface area contributed by atoms with Crippen LogP contribution in [0.1, 0.15) is 0 Å². The summed E-state index contributed by atoms with van der Waals surface area (Å²) >= 11 is 3.37. The molecule has 1 saturated heterocycles. The molecule has 0 unspecified atom stereocenters. The van der Waals surface area contributed by atoms with Gasteiger partial charge < -0.3 is 15.0 Å². The summed E-state index contributed by atoms with van der Waals surface area (Å²) in [6.07, 6.45) is 0. The van der Waals surface area contributed by atoms with Gasteiger partial charge in [-0.15, -0.1) is 0 Å². The lowest BCUT2D eigenvalue weighted by Gasteiger charge is -2.27. The zero-order chi connectivity index (χ0) is 15.9. The molecule has 0 aliphatic carbocycles. The Morgan fingerprint density at radius 1 is 1.41 bits per heavy atom. The van der Waals surface area contributed by atoms with Crippen LogP contribution in [0.3, 0.4) is 0 Å². The van der Waals surface area contributed by atoms with Crippen molar-refractivity contribution in [1.82, 2.24) is 15.1 Å². The van der Waals surface area contributed by atoms with Crippen LogP contribution in [0.25, 0.3) is 0 Å². The Hall–Kier alpha value is -1.60. The SMILES string of the molecule is CN(CCOc1ccc(Br)cc1)C(=O)CN1CCNC(=O)C1. The number of nitrogens with one attached hydrogen (secondary N) is 1. The predicted octanol–water partition coefficient (Wildman–Crippen LogP) is 0.718. The van der Waals surface area contributed by atoms with Crippen molar-refractivity contribution in [3.63, 3.8) is 0 Å². The van der Waals surface area contributed by atoms with E-state index in [1.54, 1.807) is 11.9 Å². The summed E-state index contributed by atoms with van der Waals surface area (Å²) in [5.74, 6) is 0.742. The van der Waals surface area contributed by atoms with E-state index in [0.29, 0.717) is 26.2 Å². The van der Waals surface area contributed by atoms with Gasteiger partial charge in [-0.1, -0.05) is 15.9 Å². The van der Waals surface area contributed by atoms with Gasteiger partial charge in [0.25, 0.3) is 0 Å². The van der Waals surface area contributed by atoms with Gasteiger partial charge in [-0.3, -0.25) is 14.5 Å². The highest BCUT2D eigenvalue weighted by molar-refractivity contribution is 9.10. The molecule has 0 saturated carbocycles. The fourth-order valence-electron chi connectivity index (χ4n) is 2.09. The molecule has 1 heterocycles. The van der Waals surface area contributed by atoms with Crippen molar-refractivity contribution in [2.75, 3.05) is 46.4 Å². The van der Waals surface area contributed by atoms with Crippen molar-refractivity contribution in [3.8, 4) is 5.75 Å². The van der Waals surface area contributed by atoms with Crippen LogP contribution in [0.4, 0.5) is 0 Å². The van der Waals surface area contributed by atoms with Gasteiger partial charge >= 0.3 is 0 Å². The first kappa shape index (κ1) is 16.8. The first-order valence-corrected chi connectivity index (χ1v) is 7.95. The molecular formula is C15H20BrN3O3. The average Bonchev–Trinajstić information content (AvgIpc) is 2.49. The molecule has 2 rings (SSSR count). The maximum atomic E-state index is 12.1. The van der Waals surface area contributed by atoms with Crippen LogP contribution in [0.2, 0.25) is 0 Å². The number of ether oxygens (including phenoxy) is 1. The molecule has 0 radical (unpaired) electrons. The normalized spacial score (nSPS) is 15.3. The van der Waals surface area contributed by atoms with Crippen LogP contribution in [0.5, 0.6) is 5.75 Å². The number of carbonyl (C=O) groups is 2. The number of hydrogen-bond donors (Lipinski definition) is 1. The molecule has 1 N–H and O–H groups in total. The van der Waals surface area contributed by atoms with E-state index in [9.17, 15) is 9.59 Å². The molecule has 7 heteroatoms. The van der Waals surface area contributed by atoms with Crippen LogP contribution in [0.15, 0.2) is 28.7 Å². The zero-order valence-electron chi connectivity index (χ0n) is 12.5. The highest BCUT2D eigenvalue weighted by Gasteiger charge is 2.20. The minimum Gasteiger partial charge on any atom is -0.492 e. The van der Waals surface area contributed by atoms with Crippen molar-refractivity contribution in [3.05, 3.63) is 28.7 Å². The van der Waals surface area contributed by atoms with Gasteiger partial charge in [0.1, 0.15) is 12.4 Å². The predicted molar refractivity (Wildman–Crippen MR) is 86.7 cm³/mol. The third-order valence-electron chi connectivity index (χ3n) is 3.41. The largest absolute Gasteiger partial charge is 0.492 e. The Kier molecular flexibility index (Phi) is 6.21. The number of rotatable bonds is 6. The van der Waals surface area contributed by atoms with E-state index in [4.69, 9.17) is 4.74 Å². The maximum Gasteiger partial charge on any atom is 0.236 e. The third-order valence-corrected chi connectivity index (χ3v) is 3.94. The highest BCUT2D eigenvalue weighted by Crippen LogP contribution is 2.15. The maximum absolute atomic E-state index is 12.1. The monoisotopic (exact) mass is 369 g/mol. The molecule has 1 aromatic carbocycles. The molecular weight excluding hydrogens is 350 g/mol. The Balaban J connectivity index is 1.69. The summed E-state index contributed by atoms with van der Waals surface area (Å²) in [5.41, 5.74) is 0. The molecule has 0 atom stereocenters. The zero-order valence-corrected chi connectivity index (χ0v) is 14.1. The van der Waals surface area contributed by atoms with Gasteiger partial charge in [0.2, 0.25) is 11.8 Å². The van der Waals surface area contributed by atoms with Crippen LogP contribution in [0, 0.1) is 0 Å². The number of nitrogens with zero attached hydrogens (tertiary/aromatic N) is 2. The van der Waals surface area contributed by atoms with E-state index in [1.165, 1.54) is 0 Å². The summed E-state index contributed by atoms with van der Waals surface area (Å²) < 4.78 is 6.59. The molecule has 2 amide bonds. The quantitative estimate of drug-likeness (QED) is 0.802. The van der Waals surface area contributed by atoms with Gasteiger partial charge in [0, 0.05) is 24.6 Å². The number of amides is 2. The lowest BCUT2D eigenvalue weighted by Crippen LogP contribution is -2.51. The summed E-state index contributed by atoms with van der Waals surface area (Å²) in [6.45, 7) is 2.81. The summed E-state index contributed by atoms with van der Waals surface area (Å²) in [6, 6.07) is 7.56. The molecule has 22 heavy (non-hydrogen) atoms. The Morgan fingerprint density at radius 2 is 2.14 bits per heavy atom. The van der Waals surface area contributed by atoms with Crippen LogP contribution < -0.4 is 10.1 Å². The minimum atomic E-state index is -0.0275. The minimum absolute atomic E-state index is 0.00546. The summed E-state index contributed by atoms with van der Waals surface area (Å²) in [4.78, 5) is 26.9. The topological polar surface area (TPSA) is 61.9 Å². The molecule has 1 fully saturated rings. The Bertz CT molecular complexity index is 521. The van der Waals surface area contributed by atoms with Crippen LogP contribution in [-0.4, -0.2) is 68.0 Å². The van der Waals surface area contributed by atoms with E-state index in [2.05, 4.69) is 21.2 Å². The van der Waals surface area contributed by atoms with E-state index >= 15 is 0 Å². The molecule has 6 nitrogen and oxygen atoms in total. The van der Waals surface area contributed by atoms with Crippen molar-refractivity contribution < 1.29 is 14.3 Å². The second kappa shape index (κ2) is 8.14. The number of likely N-dealkylation sites (N-methyl/N-ethyl adjacent to an activating group) is 1.